The third kappa shape index (κ3) is 1.54. The van der Waals surface area contributed by atoms with E-state index in [0.29, 0.717) is 18.8 Å². The minimum Gasteiger partial charge on any atom is -0.459 e. The molecule has 0 aromatic heterocycles. The van der Waals surface area contributed by atoms with Crippen molar-refractivity contribution in [1.29, 1.82) is 0 Å². The van der Waals surface area contributed by atoms with Crippen LogP contribution in [0.15, 0.2) is 0 Å². The Morgan fingerprint density at radius 3 is 2.79 bits per heavy atom. The van der Waals surface area contributed by atoms with E-state index >= 15 is 0 Å². The van der Waals surface area contributed by atoms with Gasteiger partial charge in [-0.1, -0.05) is 6.92 Å². The van der Waals surface area contributed by atoms with Gasteiger partial charge < -0.3 is 9.84 Å². The Morgan fingerprint density at radius 2 is 2.21 bits per heavy atom. The maximum absolute atomic E-state index is 11.2. The Bertz CT molecular complexity index is 259. The lowest BCUT2D eigenvalue weighted by molar-refractivity contribution is -0.166. The van der Waals surface area contributed by atoms with Crippen LogP contribution in [0.5, 0.6) is 0 Å². The summed E-state index contributed by atoms with van der Waals surface area (Å²) in [6, 6.07) is 0. The molecule has 2 fully saturated rings. The number of rotatable bonds is 0. The lowest BCUT2D eigenvalue weighted by Crippen LogP contribution is -2.48. The number of hydrogen-bond donors (Lipinski definition) is 1. The molecule has 3 heteroatoms. The fraction of sp³-hybridized carbons (Fsp3) is 0.909. The van der Waals surface area contributed by atoms with Crippen molar-refractivity contribution in [2.45, 2.75) is 57.2 Å². The van der Waals surface area contributed by atoms with Gasteiger partial charge in [0, 0.05) is 12.8 Å². The fourth-order valence-electron chi connectivity index (χ4n) is 2.81. The van der Waals surface area contributed by atoms with Crippen LogP contribution in [0.25, 0.3) is 0 Å². The van der Waals surface area contributed by atoms with Gasteiger partial charge >= 0.3 is 5.97 Å². The van der Waals surface area contributed by atoms with Gasteiger partial charge in [0.05, 0.1) is 5.60 Å². The Kier molecular flexibility index (Phi) is 2.11. The number of carbonyl (C=O) groups is 1. The molecule has 0 aromatic carbocycles. The molecule has 0 radical (unpaired) electrons. The van der Waals surface area contributed by atoms with Crippen molar-refractivity contribution in [3.63, 3.8) is 0 Å². The summed E-state index contributed by atoms with van der Waals surface area (Å²) in [5, 5.41) is 10.0. The molecule has 1 N–H and O–H groups in total. The van der Waals surface area contributed by atoms with E-state index in [4.69, 9.17) is 4.74 Å². The summed E-state index contributed by atoms with van der Waals surface area (Å²) in [6.07, 6.45) is 3.66. The highest BCUT2D eigenvalue weighted by Crippen LogP contribution is 2.47. The number of carbonyl (C=O) groups excluding carboxylic acids is 1. The van der Waals surface area contributed by atoms with Gasteiger partial charge in [0.1, 0.15) is 5.60 Å². The Labute approximate surface area is 84.4 Å². The lowest BCUT2D eigenvalue weighted by atomic mass is 9.69. The molecule has 2 rings (SSSR count). The Balaban J connectivity index is 2.19. The third-order valence-corrected chi connectivity index (χ3v) is 3.76. The molecule has 2 aliphatic rings. The molecular weight excluding hydrogens is 180 g/mol. The molecule has 1 saturated heterocycles. The van der Waals surface area contributed by atoms with E-state index in [9.17, 15) is 9.90 Å². The molecule has 1 aliphatic heterocycles. The largest absolute Gasteiger partial charge is 0.459 e. The quantitative estimate of drug-likeness (QED) is 0.602. The molecule has 1 saturated carbocycles. The summed E-state index contributed by atoms with van der Waals surface area (Å²) < 4.78 is 5.44. The third-order valence-electron chi connectivity index (χ3n) is 3.76. The standard InChI is InChI=1S/C11H18O3/c1-8-3-5-10(2,13)7-11(8)6-4-9(12)14-11/h8,13H,3-7H2,1-2H3/t8-,10-,11-/m1/s1. The normalized spacial score (nSPS) is 48.2. The van der Waals surface area contributed by atoms with Crippen molar-refractivity contribution < 1.29 is 14.6 Å². The van der Waals surface area contributed by atoms with Crippen LogP contribution in [0.3, 0.4) is 0 Å². The molecule has 0 aromatic rings. The average Bonchev–Trinajstić information content (AvgIpc) is 2.41. The van der Waals surface area contributed by atoms with E-state index in [-0.39, 0.29) is 11.6 Å². The molecule has 0 amide bonds. The average molecular weight is 198 g/mol. The molecular formula is C11H18O3. The van der Waals surface area contributed by atoms with Crippen molar-refractivity contribution >= 4 is 5.97 Å². The zero-order chi connectivity index (χ0) is 10.4. The highest BCUT2D eigenvalue weighted by molar-refractivity contribution is 5.72. The Morgan fingerprint density at radius 1 is 1.50 bits per heavy atom. The van der Waals surface area contributed by atoms with Gasteiger partial charge in [-0.3, -0.25) is 4.79 Å². The lowest BCUT2D eigenvalue weighted by Gasteiger charge is -2.44. The summed E-state index contributed by atoms with van der Waals surface area (Å²) in [7, 11) is 0. The summed E-state index contributed by atoms with van der Waals surface area (Å²) >= 11 is 0. The minimum absolute atomic E-state index is 0.102. The van der Waals surface area contributed by atoms with E-state index in [0.717, 1.165) is 19.3 Å². The molecule has 3 nitrogen and oxygen atoms in total. The summed E-state index contributed by atoms with van der Waals surface area (Å²) in [5.41, 5.74) is -1.02. The van der Waals surface area contributed by atoms with Crippen molar-refractivity contribution in [2.75, 3.05) is 0 Å². The molecule has 80 valence electrons. The molecule has 0 bridgehead atoms. The monoisotopic (exact) mass is 198 g/mol. The first-order valence-electron chi connectivity index (χ1n) is 5.38. The number of ether oxygens (including phenoxy) is 1. The minimum atomic E-state index is -0.656. The van der Waals surface area contributed by atoms with E-state index < -0.39 is 5.60 Å². The fourth-order valence-corrected chi connectivity index (χ4v) is 2.81. The highest BCUT2D eigenvalue weighted by atomic mass is 16.6. The molecule has 1 spiro atoms. The molecule has 14 heavy (non-hydrogen) atoms. The predicted octanol–water partition coefficient (Wildman–Crippen LogP) is 1.63. The van der Waals surface area contributed by atoms with E-state index in [2.05, 4.69) is 6.92 Å². The molecule has 0 unspecified atom stereocenters. The summed E-state index contributed by atoms with van der Waals surface area (Å²) in [6.45, 7) is 3.96. The van der Waals surface area contributed by atoms with Crippen LogP contribution < -0.4 is 0 Å². The van der Waals surface area contributed by atoms with Crippen molar-refractivity contribution in [3.05, 3.63) is 0 Å². The van der Waals surface area contributed by atoms with Gasteiger partial charge in [0.2, 0.25) is 0 Å². The predicted molar refractivity (Wildman–Crippen MR) is 51.7 cm³/mol. The van der Waals surface area contributed by atoms with Gasteiger partial charge in [0.25, 0.3) is 0 Å². The summed E-state index contributed by atoms with van der Waals surface area (Å²) in [4.78, 5) is 11.2. The number of esters is 1. The van der Waals surface area contributed by atoms with Crippen LogP contribution in [-0.4, -0.2) is 22.3 Å². The van der Waals surface area contributed by atoms with Gasteiger partial charge in [-0.25, -0.2) is 0 Å². The SMILES string of the molecule is C[C@@H]1CC[C@@](C)(O)C[C@]12CCC(=O)O2. The first kappa shape index (κ1) is 9.97. The number of hydrogen-bond acceptors (Lipinski definition) is 3. The van der Waals surface area contributed by atoms with Gasteiger partial charge in [-0.15, -0.1) is 0 Å². The topological polar surface area (TPSA) is 46.5 Å². The van der Waals surface area contributed by atoms with Crippen molar-refractivity contribution in [3.8, 4) is 0 Å². The highest BCUT2D eigenvalue weighted by Gasteiger charge is 2.51. The first-order chi connectivity index (χ1) is 6.44. The maximum Gasteiger partial charge on any atom is 0.306 e. The molecule has 3 atom stereocenters. The van der Waals surface area contributed by atoms with Crippen LogP contribution >= 0.6 is 0 Å². The summed E-state index contributed by atoms with van der Waals surface area (Å²) in [5.74, 6) is 0.281. The number of aliphatic hydroxyl groups is 1. The van der Waals surface area contributed by atoms with E-state index in [1.54, 1.807) is 0 Å². The van der Waals surface area contributed by atoms with Crippen LogP contribution in [0.1, 0.15) is 46.0 Å². The van der Waals surface area contributed by atoms with Crippen molar-refractivity contribution in [2.24, 2.45) is 5.92 Å². The zero-order valence-electron chi connectivity index (χ0n) is 8.88. The second-order valence-electron chi connectivity index (χ2n) is 5.15. The smallest absolute Gasteiger partial charge is 0.306 e. The van der Waals surface area contributed by atoms with Crippen LogP contribution in [-0.2, 0) is 9.53 Å². The van der Waals surface area contributed by atoms with E-state index in [1.807, 2.05) is 6.92 Å². The van der Waals surface area contributed by atoms with Gasteiger partial charge in [-0.2, -0.15) is 0 Å². The second kappa shape index (κ2) is 2.96. The first-order valence-corrected chi connectivity index (χ1v) is 5.38. The van der Waals surface area contributed by atoms with Crippen LogP contribution in [0, 0.1) is 5.92 Å². The van der Waals surface area contributed by atoms with Crippen molar-refractivity contribution in [1.82, 2.24) is 0 Å². The van der Waals surface area contributed by atoms with Gasteiger partial charge in [0.15, 0.2) is 0 Å². The molecule has 1 heterocycles. The van der Waals surface area contributed by atoms with Gasteiger partial charge in [-0.05, 0) is 32.1 Å². The Hall–Kier alpha value is -0.570. The van der Waals surface area contributed by atoms with Crippen LogP contribution in [0.2, 0.25) is 0 Å². The molecule has 1 aliphatic carbocycles. The second-order valence-corrected chi connectivity index (χ2v) is 5.15. The maximum atomic E-state index is 11.2. The zero-order valence-corrected chi connectivity index (χ0v) is 8.88. The van der Waals surface area contributed by atoms with E-state index in [1.165, 1.54) is 0 Å². The van der Waals surface area contributed by atoms with Crippen LogP contribution in [0.4, 0.5) is 0 Å².